The van der Waals surface area contributed by atoms with Crippen LogP contribution in [0.25, 0.3) is 0 Å². The van der Waals surface area contributed by atoms with Crippen molar-refractivity contribution < 1.29 is 14.6 Å². The summed E-state index contributed by atoms with van der Waals surface area (Å²) >= 11 is 0. The molecule has 0 aliphatic carbocycles. The molecule has 0 amide bonds. The van der Waals surface area contributed by atoms with Crippen LogP contribution < -0.4 is 9.47 Å². The van der Waals surface area contributed by atoms with Crippen molar-refractivity contribution in [2.24, 2.45) is 5.92 Å². The maximum absolute atomic E-state index is 9.69. The second-order valence-electron chi connectivity index (χ2n) is 5.08. The highest BCUT2D eigenvalue weighted by Crippen LogP contribution is 2.25. The molecule has 0 heterocycles. The van der Waals surface area contributed by atoms with E-state index in [0.29, 0.717) is 0 Å². The number of hydrogen-bond acceptors (Lipinski definition) is 3. The highest BCUT2D eigenvalue weighted by atomic mass is 16.5. The molecule has 0 saturated carbocycles. The molecule has 0 bridgehead atoms. The molecule has 112 valence electrons. The molecule has 2 aromatic rings. The predicted molar refractivity (Wildman–Crippen MR) is 84.0 cm³/mol. The number of benzene rings is 2. The van der Waals surface area contributed by atoms with Crippen LogP contribution in [-0.2, 0) is 12.8 Å². The van der Waals surface area contributed by atoms with Gasteiger partial charge in [0.05, 0.1) is 14.2 Å². The molecule has 0 aliphatic heterocycles. The second kappa shape index (κ2) is 7.70. The van der Waals surface area contributed by atoms with Gasteiger partial charge in [0.25, 0.3) is 0 Å². The molecule has 0 saturated heterocycles. The number of aliphatic hydroxyl groups excluding tert-OH is 1. The van der Waals surface area contributed by atoms with Gasteiger partial charge in [-0.1, -0.05) is 36.4 Å². The molecule has 1 N–H and O–H groups in total. The summed E-state index contributed by atoms with van der Waals surface area (Å²) in [7, 11) is 3.35. The summed E-state index contributed by atoms with van der Waals surface area (Å²) in [5.41, 5.74) is 2.24. The molecule has 3 heteroatoms. The van der Waals surface area contributed by atoms with E-state index >= 15 is 0 Å². The first-order chi connectivity index (χ1) is 10.3. The van der Waals surface area contributed by atoms with Crippen molar-refractivity contribution in [1.82, 2.24) is 0 Å². The zero-order chi connectivity index (χ0) is 15.1. The van der Waals surface area contributed by atoms with Gasteiger partial charge in [0, 0.05) is 6.61 Å². The molecule has 0 aliphatic rings. The molecule has 0 spiro atoms. The van der Waals surface area contributed by atoms with Gasteiger partial charge in [0.1, 0.15) is 11.5 Å². The van der Waals surface area contributed by atoms with Crippen LogP contribution >= 0.6 is 0 Å². The van der Waals surface area contributed by atoms with Crippen LogP contribution in [0.1, 0.15) is 11.1 Å². The van der Waals surface area contributed by atoms with Crippen LogP contribution in [0, 0.1) is 5.92 Å². The lowest BCUT2D eigenvalue weighted by Crippen LogP contribution is -2.14. The Labute approximate surface area is 126 Å². The quantitative estimate of drug-likeness (QED) is 0.850. The Balaban J connectivity index is 2.13. The van der Waals surface area contributed by atoms with Gasteiger partial charge in [-0.15, -0.1) is 0 Å². The van der Waals surface area contributed by atoms with Crippen LogP contribution in [0.2, 0.25) is 0 Å². The smallest absolute Gasteiger partial charge is 0.122 e. The molecule has 2 aromatic carbocycles. The number of aliphatic hydroxyl groups is 1. The Morgan fingerprint density at radius 2 is 1.24 bits per heavy atom. The van der Waals surface area contributed by atoms with E-state index in [4.69, 9.17) is 9.47 Å². The van der Waals surface area contributed by atoms with E-state index in [-0.39, 0.29) is 12.5 Å². The van der Waals surface area contributed by atoms with Gasteiger partial charge in [-0.3, -0.25) is 0 Å². The van der Waals surface area contributed by atoms with Crippen LogP contribution in [0.15, 0.2) is 48.5 Å². The average molecular weight is 286 g/mol. The van der Waals surface area contributed by atoms with Crippen molar-refractivity contribution in [3.8, 4) is 11.5 Å². The number of methoxy groups -OCH3 is 2. The molecule has 0 aromatic heterocycles. The van der Waals surface area contributed by atoms with E-state index in [2.05, 4.69) is 0 Å². The largest absolute Gasteiger partial charge is 0.496 e. The lowest BCUT2D eigenvalue weighted by Gasteiger charge is -2.17. The molecule has 2 rings (SSSR count). The van der Waals surface area contributed by atoms with Gasteiger partial charge in [0.15, 0.2) is 0 Å². The Hall–Kier alpha value is -2.00. The average Bonchev–Trinajstić information content (AvgIpc) is 2.55. The molecule has 0 fully saturated rings. The minimum Gasteiger partial charge on any atom is -0.496 e. The zero-order valence-corrected chi connectivity index (χ0v) is 12.6. The van der Waals surface area contributed by atoms with Crippen LogP contribution in [0.4, 0.5) is 0 Å². The molecular weight excluding hydrogens is 264 g/mol. The maximum atomic E-state index is 9.69. The maximum Gasteiger partial charge on any atom is 0.122 e. The highest BCUT2D eigenvalue weighted by molar-refractivity contribution is 5.36. The van der Waals surface area contributed by atoms with Crippen LogP contribution in [0.5, 0.6) is 11.5 Å². The molecule has 0 atom stereocenters. The molecule has 3 nitrogen and oxygen atoms in total. The summed E-state index contributed by atoms with van der Waals surface area (Å²) in [6.45, 7) is 0.135. The molecule has 0 unspecified atom stereocenters. The number of para-hydroxylation sites is 2. The van der Waals surface area contributed by atoms with Crippen LogP contribution in [-0.4, -0.2) is 25.9 Å². The van der Waals surface area contributed by atoms with E-state index in [1.165, 1.54) is 0 Å². The summed E-state index contributed by atoms with van der Waals surface area (Å²) in [5.74, 6) is 1.88. The molecule has 0 radical (unpaired) electrons. The topological polar surface area (TPSA) is 38.7 Å². The van der Waals surface area contributed by atoms with Crippen molar-refractivity contribution in [1.29, 1.82) is 0 Å². The Bertz CT molecular complexity index is 516. The summed E-state index contributed by atoms with van der Waals surface area (Å²) in [6.07, 6.45) is 1.55. The summed E-state index contributed by atoms with van der Waals surface area (Å²) in [6, 6.07) is 15.9. The normalized spacial score (nSPS) is 10.7. The number of hydrogen-bond donors (Lipinski definition) is 1. The van der Waals surface area contributed by atoms with Gasteiger partial charge in [-0.05, 0) is 42.0 Å². The first-order valence-electron chi connectivity index (χ1n) is 7.13. The lowest BCUT2D eigenvalue weighted by atomic mass is 9.92. The van der Waals surface area contributed by atoms with Crippen molar-refractivity contribution in [2.75, 3.05) is 20.8 Å². The fourth-order valence-corrected chi connectivity index (χ4v) is 2.57. The minimum absolute atomic E-state index is 0.135. The van der Waals surface area contributed by atoms with E-state index in [9.17, 15) is 5.11 Å². The van der Waals surface area contributed by atoms with Crippen molar-refractivity contribution in [3.05, 3.63) is 59.7 Å². The van der Waals surface area contributed by atoms with Gasteiger partial charge >= 0.3 is 0 Å². The van der Waals surface area contributed by atoms with E-state index in [1.807, 2.05) is 48.5 Å². The van der Waals surface area contributed by atoms with Crippen LogP contribution in [0.3, 0.4) is 0 Å². The highest BCUT2D eigenvalue weighted by Gasteiger charge is 2.14. The third-order valence-electron chi connectivity index (χ3n) is 3.66. The number of rotatable bonds is 7. The van der Waals surface area contributed by atoms with Crippen molar-refractivity contribution in [2.45, 2.75) is 12.8 Å². The Morgan fingerprint density at radius 3 is 1.62 bits per heavy atom. The summed E-state index contributed by atoms with van der Waals surface area (Å²) in [4.78, 5) is 0. The summed E-state index contributed by atoms with van der Waals surface area (Å²) in [5, 5.41) is 9.69. The Kier molecular flexibility index (Phi) is 5.64. The van der Waals surface area contributed by atoms with E-state index < -0.39 is 0 Å². The SMILES string of the molecule is COc1ccccc1CC(CO)Cc1ccccc1OC. The van der Waals surface area contributed by atoms with E-state index in [0.717, 1.165) is 35.5 Å². The van der Waals surface area contributed by atoms with Gasteiger partial charge in [0.2, 0.25) is 0 Å². The fourth-order valence-electron chi connectivity index (χ4n) is 2.57. The third kappa shape index (κ3) is 3.99. The lowest BCUT2D eigenvalue weighted by molar-refractivity contribution is 0.223. The number of ether oxygens (including phenoxy) is 2. The van der Waals surface area contributed by atoms with Gasteiger partial charge in [-0.2, -0.15) is 0 Å². The molecule has 21 heavy (non-hydrogen) atoms. The van der Waals surface area contributed by atoms with Crippen molar-refractivity contribution >= 4 is 0 Å². The monoisotopic (exact) mass is 286 g/mol. The standard InChI is InChI=1S/C18H22O3/c1-20-17-9-5-3-7-15(17)11-14(13-19)12-16-8-4-6-10-18(16)21-2/h3-10,14,19H,11-13H2,1-2H3. The summed E-state index contributed by atoms with van der Waals surface area (Å²) < 4.78 is 10.8. The van der Waals surface area contributed by atoms with E-state index in [1.54, 1.807) is 14.2 Å². The van der Waals surface area contributed by atoms with Crippen molar-refractivity contribution in [3.63, 3.8) is 0 Å². The fraction of sp³-hybridized carbons (Fsp3) is 0.333. The first-order valence-corrected chi connectivity index (χ1v) is 7.13. The predicted octanol–water partition coefficient (Wildman–Crippen LogP) is 3.10. The second-order valence-corrected chi connectivity index (χ2v) is 5.08. The first kappa shape index (κ1) is 15.4. The molecular formula is C18H22O3. The zero-order valence-electron chi connectivity index (χ0n) is 12.6. The van der Waals surface area contributed by atoms with Gasteiger partial charge in [-0.25, -0.2) is 0 Å². The Morgan fingerprint density at radius 1 is 0.810 bits per heavy atom. The minimum atomic E-state index is 0.135. The van der Waals surface area contributed by atoms with Gasteiger partial charge < -0.3 is 14.6 Å². The third-order valence-corrected chi connectivity index (χ3v) is 3.66.